The fourth-order valence-corrected chi connectivity index (χ4v) is 8.24. The molecule has 248 valence electrons. The van der Waals surface area contributed by atoms with E-state index in [0.29, 0.717) is 23.3 Å². The third kappa shape index (κ3) is 5.97. The van der Waals surface area contributed by atoms with Crippen molar-refractivity contribution in [1.82, 2.24) is 24.9 Å². The van der Waals surface area contributed by atoms with Crippen LogP contribution in [0, 0.1) is 0 Å². The summed E-state index contributed by atoms with van der Waals surface area (Å²) in [7, 11) is 0. The molecule has 0 aliphatic carbocycles. The molecule has 6 heteroatoms. The van der Waals surface area contributed by atoms with E-state index in [2.05, 4.69) is 86.6 Å². The lowest BCUT2D eigenvalue weighted by Crippen LogP contribution is -2.23. The standard InChI is InChI=1S/C46H33N5S/c1-46(2)36-20-12-13-21-40(36)52-41-28-35(26-27-37(41)46)39-29-38(30-14-6-3-7-15-30)47-42(48-39)33-22-24-34(25-23-33)45-50-43(31-16-8-4-9-17-31)49-44(51-45)32-18-10-5-11-19-32/h3-29H,1-2H3. The summed E-state index contributed by atoms with van der Waals surface area (Å²) in [4.78, 5) is 27.5. The summed E-state index contributed by atoms with van der Waals surface area (Å²) >= 11 is 1.83. The second-order valence-corrected chi connectivity index (χ2v) is 14.5. The van der Waals surface area contributed by atoms with Gasteiger partial charge in [0.25, 0.3) is 0 Å². The molecule has 6 aromatic carbocycles. The van der Waals surface area contributed by atoms with Gasteiger partial charge in [0.2, 0.25) is 0 Å². The number of hydrogen-bond donors (Lipinski definition) is 0. The zero-order valence-corrected chi connectivity index (χ0v) is 29.5. The zero-order chi connectivity index (χ0) is 35.1. The molecule has 0 saturated carbocycles. The van der Waals surface area contributed by atoms with Gasteiger partial charge in [0.1, 0.15) is 0 Å². The highest BCUT2D eigenvalue weighted by molar-refractivity contribution is 7.99. The second kappa shape index (κ2) is 13.1. The molecule has 0 atom stereocenters. The number of hydrogen-bond acceptors (Lipinski definition) is 6. The maximum absolute atomic E-state index is 5.18. The van der Waals surface area contributed by atoms with Crippen molar-refractivity contribution in [3.05, 3.63) is 175 Å². The van der Waals surface area contributed by atoms with Crippen LogP contribution in [0.2, 0.25) is 0 Å². The van der Waals surface area contributed by atoms with E-state index in [1.807, 2.05) is 103 Å². The van der Waals surface area contributed by atoms with Gasteiger partial charge >= 0.3 is 0 Å². The van der Waals surface area contributed by atoms with Crippen LogP contribution in [0.4, 0.5) is 0 Å². The summed E-state index contributed by atoms with van der Waals surface area (Å²) < 4.78 is 0. The molecule has 52 heavy (non-hydrogen) atoms. The first-order valence-corrected chi connectivity index (χ1v) is 18.2. The summed E-state index contributed by atoms with van der Waals surface area (Å²) in [5, 5.41) is 0. The molecule has 3 heterocycles. The molecule has 9 rings (SSSR count). The van der Waals surface area contributed by atoms with E-state index in [1.165, 1.54) is 20.9 Å². The van der Waals surface area contributed by atoms with Gasteiger partial charge in [0.05, 0.1) is 11.4 Å². The highest BCUT2D eigenvalue weighted by Crippen LogP contribution is 2.49. The predicted molar refractivity (Wildman–Crippen MR) is 211 cm³/mol. The number of nitrogens with zero attached hydrogens (tertiary/aromatic N) is 5. The monoisotopic (exact) mass is 687 g/mol. The smallest absolute Gasteiger partial charge is 0.164 e. The molecule has 0 fully saturated rings. The van der Waals surface area contributed by atoms with Gasteiger partial charge in [-0.1, -0.05) is 171 Å². The zero-order valence-electron chi connectivity index (χ0n) is 28.7. The Labute approximate surface area is 307 Å². The molecule has 0 unspecified atom stereocenters. The van der Waals surface area contributed by atoms with Crippen molar-refractivity contribution in [3.63, 3.8) is 0 Å². The summed E-state index contributed by atoms with van der Waals surface area (Å²) in [5.41, 5.74) is 10.1. The fourth-order valence-electron chi connectivity index (χ4n) is 6.81. The number of fused-ring (bicyclic) bond motifs is 2. The molecule has 0 saturated heterocycles. The molecular formula is C46H33N5S. The van der Waals surface area contributed by atoms with Crippen molar-refractivity contribution in [2.24, 2.45) is 0 Å². The van der Waals surface area contributed by atoms with Crippen LogP contribution >= 0.6 is 11.8 Å². The summed E-state index contributed by atoms with van der Waals surface area (Å²) in [6.07, 6.45) is 0. The average molecular weight is 688 g/mol. The first-order valence-electron chi connectivity index (χ1n) is 17.3. The quantitative estimate of drug-likeness (QED) is 0.173. The van der Waals surface area contributed by atoms with E-state index in [-0.39, 0.29) is 5.41 Å². The van der Waals surface area contributed by atoms with Crippen molar-refractivity contribution in [2.45, 2.75) is 29.1 Å². The van der Waals surface area contributed by atoms with E-state index in [4.69, 9.17) is 24.9 Å². The molecule has 0 bridgehead atoms. The fraction of sp³-hybridized carbons (Fsp3) is 0.0652. The van der Waals surface area contributed by atoms with Gasteiger partial charge in [-0.05, 0) is 29.3 Å². The molecule has 1 aliphatic rings. The lowest BCUT2D eigenvalue weighted by atomic mass is 9.77. The summed E-state index contributed by atoms with van der Waals surface area (Å²) in [6, 6.07) is 56.1. The van der Waals surface area contributed by atoms with Crippen LogP contribution < -0.4 is 0 Å². The molecule has 0 N–H and O–H groups in total. The Morgan fingerprint density at radius 3 is 1.31 bits per heavy atom. The van der Waals surface area contributed by atoms with Crippen LogP contribution in [0.15, 0.2) is 174 Å². The molecule has 0 amide bonds. The Hall–Kier alpha value is -6.24. The van der Waals surface area contributed by atoms with E-state index in [9.17, 15) is 0 Å². The molecular weight excluding hydrogens is 655 g/mol. The highest BCUT2D eigenvalue weighted by atomic mass is 32.2. The Morgan fingerprint density at radius 2 is 0.750 bits per heavy atom. The lowest BCUT2D eigenvalue weighted by molar-refractivity contribution is 0.607. The Balaban J connectivity index is 1.12. The van der Waals surface area contributed by atoms with Crippen LogP contribution in [0.1, 0.15) is 25.0 Å². The van der Waals surface area contributed by atoms with Crippen molar-refractivity contribution in [1.29, 1.82) is 0 Å². The largest absolute Gasteiger partial charge is 0.228 e. The van der Waals surface area contributed by atoms with Crippen molar-refractivity contribution in [2.75, 3.05) is 0 Å². The van der Waals surface area contributed by atoms with Gasteiger partial charge in [-0.25, -0.2) is 24.9 Å². The van der Waals surface area contributed by atoms with E-state index < -0.39 is 0 Å². The van der Waals surface area contributed by atoms with E-state index in [1.54, 1.807) is 0 Å². The van der Waals surface area contributed by atoms with Gasteiger partial charge in [0, 0.05) is 48.6 Å². The molecule has 5 nitrogen and oxygen atoms in total. The molecule has 0 radical (unpaired) electrons. The number of aromatic nitrogens is 5. The van der Waals surface area contributed by atoms with Crippen molar-refractivity contribution >= 4 is 11.8 Å². The Morgan fingerprint density at radius 1 is 0.346 bits per heavy atom. The molecule has 0 spiro atoms. The second-order valence-electron chi connectivity index (χ2n) is 13.4. The third-order valence-corrected chi connectivity index (χ3v) is 10.8. The maximum Gasteiger partial charge on any atom is 0.164 e. The summed E-state index contributed by atoms with van der Waals surface area (Å²) in [5.74, 6) is 2.53. The first kappa shape index (κ1) is 31.7. The van der Waals surface area contributed by atoms with Crippen molar-refractivity contribution in [3.8, 4) is 68.1 Å². The first-order chi connectivity index (χ1) is 25.5. The van der Waals surface area contributed by atoms with Gasteiger partial charge in [0.15, 0.2) is 23.3 Å². The maximum atomic E-state index is 5.18. The molecule has 8 aromatic rings. The van der Waals surface area contributed by atoms with Crippen molar-refractivity contribution < 1.29 is 0 Å². The minimum Gasteiger partial charge on any atom is -0.228 e. The van der Waals surface area contributed by atoms with Gasteiger partial charge in [-0.15, -0.1) is 0 Å². The minimum atomic E-state index is -0.0915. The van der Waals surface area contributed by atoms with Gasteiger partial charge < -0.3 is 0 Å². The lowest BCUT2D eigenvalue weighted by Gasteiger charge is -2.34. The normalized spacial score (nSPS) is 12.9. The van der Waals surface area contributed by atoms with Gasteiger partial charge in [-0.3, -0.25) is 0 Å². The van der Waals surface area contributed by atoms with E-state index >= 15 is 0 Å². The highest BCUT2D eigenvalue weighted by Gasteiger charge is 2.33. The van der Waals surface area contributed by atoms with Gasteiger partial charge in [-0.2, -0.15) is 0 Å². The Bertz CT molecular complexity index is 2490. The van der Waals surface area contributed by atoms with E-state index in [0.717, 1.165) is 44.8 Å². The Kier molecular flexibility index (Phi) is 8.02. The predicted octanol–water partition coefficient (Wildman–Crippen LogP) is 11.5. The minimum absolute atomic E-state index is 0.0915. The molecule has 2 aromatic heterocycles. The average Bonchev–Trinajstić information content (AvgIpc) is 3.21. The SMILES string of the molecule is CC1(C)c2ccccc2Sc2cc(-c3cc(-c4ccccc4)nc(-c4ccc(-c5nc(-c6ccccc6)nc(-c6ccccc6)n5)cc4)n3)ccc21. The summed E-state index contributed by atoms with van der Waals surface area (Å²) in [6.45, 7) is 4.62. The van der Waals surface area contributed by atoms with Crippen LogP contribution in [-0.4, -0.2) is 24.9 Å². The van der Waals surface area contributed by atoms with Crippen LogP contribution in [-0.2, 0) is 5.41 Å². The molecule has 1 aliphatic heterocycles. The number of benzene rings is 6. The topological polar surface area (TPSA) is 64.5 Å². The third-order valence-electron chi connectivity index (χ3n) is 9.63. The number of rotatable bonds is 6. The van der Waals surface area contributed by atoms with Crippen LogP contribution in [0.3, 0.4) is 0 Å². The van der Waals surface area contributed by atoms with Crippen LogP contribution in [0.25, 0.3) is 68.1 Å². The van der Waals surface area contributed by atoms with Crippen LogP contribution in [0.5, 0.6) is 0 Å².